The van der Waals surface area contributed by atoms with Crippen LogP contribution in [-0.2, 0) is 26.2 Å². The minimum absolute atomic E-state index is 0.0108. The van der Waals surface area contributed by atoms with Gasteiger partial charge in [0.15, 0.2) is 0 Å². The molecule has 40 heavy (non-hydrogen) atoms. The lowest BCUT2D eigenvalue weighted by molar-refractivity contribution is -0.139. The molecule has 3 aromatic rings. The predicted octanol–water partition coefficient (Wildman–Crippen LogP) is 5.53. The number of hydrogen-bond donors (Lipinski definition) is 1. The van der Waals surface area contributed by atoms with Crippen LogP contribution in [0.1, 0.15) is 32.3 Å². The molecule has 0 aliphatic heterocycles. The van der Waals surface area contributed by atoms with E-state index in [4.69, 9.17) is 27.9 Å². The maximum Gasteiger partial charge on any atom is 0.264 e. The number of unbranched alkanes of at least 4 members (excludes halogenated alkanes) is 1. The molecule has 1 N–H and O–H groups in total. The van der Waals surface area contributed by atoms with Gasteiger partial charge in [-0.2, -0.15) is 0 Å². The van der Waals surface area contributed by atoms with Crippen LogP contribution in [0, 0.1) is 0 Å². The molecule has 1 atom stereocenters. The smallest absolute Gasteiger partial charge is 0.264 e. The van der Waals surface area contributed by atoms with Crippen LogP contribution in [0.3, 0.4) is 0 Å². The molecule has 0 radical (unpaired) electrons. The van der Waals surface area contributed by atoms with Gasteiger partial charge in [0, 0.05) is 34.8 Å². The maximum atomic E-state index is 14.0. The highest BCUT2D eigenvalue weighted by Crippen LogP contribution is 2.29. The molecular weight excluding hydrogens is 573 g/mol. The van der Waals surface area contributed by atoms with Crippen molar-refractivity contribution >= 4 is 50.7 Å². The highest BCUT2D eigenvalue weighted by atomic mass is 35.5. The fourth-order valence-corrected chi connectivity index (χ4v) is 5.93. The number of anilines is 1. The lowest BCUT2D eigenvalue weighted by atomic mass is 10.1. The van der Waals surface area contributed by atoms with Crippen molar-refractivity contribution in [2.45, 2.75) is 44.2 Å². The summed E-state index contributed by atoms with van der Waals surface area (Å²) in [5.41, 5.74) is 0.679. The van der Waals surface area contributed by atoms with Gasteiger partial charge in [-0.1, -0.05) is 66.9 Å². The zero-order valence-electron chi connectivity index (χ0n) is 22.6. The van der Waals surface area contributed by atoms with Crippen LogP contribution in [0.5, 0.6) is 5.75 Å². The molecule has 0 aromatic heterocycles. The Kier molecular flexibility index (Phi) is 11.2. The topological polar surface area (TPSA) is 96.0 Å². The van der Waals surface area contributed by atoms with Crippen molar-refractivity contribution in [3.63, 3.8) is 0 Å². The molecule has 11 heteroatoms. The number of rotatable bonds is 13. The molecule has 0 bridgehead atoms. The van der Waals surface area contributed by atoms with Gasteiger partial charge in [0.05, 0.1) is 17.7 Å². The fourth-order valence-electron chi connectivity index (χ4n) is 3.99. The highest BCUT2D eigenvalue weighted by molar-refractivity contribution is 7.92. The first-order valence-corrected chi connectivity index (χ1v) is 15.0. The highest BCUT2D eigenvalue weighted by Gasteiger charge is 2.33. The largest absolute Gasteiger partial charge is 0.497 e. The van der Waals surface area contributed by atoms with E-state index in [9.17, 15) is 18.0 Å². The van der Waals surface area contributed by atoms with E-state index in [-0.39, 0.29) is 23.0 Å². The molecule has 8 nitrogen and oxygen atoms in total. The van der Waals surface area contributed by atoms with E-state index in [0.717, 1.165) is 17.1 Å². The van der Waals surface area contributed by atoms with Crippen LogP contribution >= 0.6 is 23.2 Å². The number of hydrogen-bond acceptors (Lipinski definition) is 5. The molecule has 3 rings (SSSR count). The van der Waals surface area contributed by atoms with E-state index in [1.165, 1.54) is 30.2 Å². The van der Waals surface area contributed by atoms with Crippen molar-refractivity contribution in [3.8, 4) is 5.75 Å². The third kappa shape index (κ3) is 7.68. The standard InChI is InChI=1S/C29H33Cl2N3O5S/c1-4-5-17-32-29(36)21(2)33(19-25-26(30)15-10-16-27(25)31)28(35)20-34(22-11-9-12-23(18-22)39-3)40(37,38)24-13-7-6-8-14-24/h6-16,18,21H,4-5,17,19-20H2,1-3H3,(H,32,36). The maximum absolute atomic E-state index is 14.0. The summed E-state index contributed by atoms with van der Waals surface area (Å²) in [6.45, 7) is 3.36. The Morgan fingerprint density at radius 2 is 1.62 bits per heavy atom. The van der Waals surface area contributed by atoms with Gasteiger partial charge in [-0.25, -0.2) is 8.42 Å². The number of carbonyl (C=O) groups excluding carboxylic acids is 2. The van der Waals surface area contributed by atoms with Gasteiger partial charge in [0.25, 0.3) is 10.0 Å². The quantitative estimate of drug-likeness (QED) is 0.258. The molecule has 0 fully saturated rings. The van der Waals surface area contributed by atoms with E-state index in [1.807, 2.05) is 6.92 Å². The summed E-state index contributed by atoms with van der Waals surface area (Å²) in [6, 6.07) is 18.3. The van der Waals surface area contributed by atoms with Crippen molar-refractivity contribution in [1.82, 2.24) is 10.2 Å². The number of ether oxygens (including phenoxy) is 1. The van der Waals surface area contributed by atoms with Gasteiger partial charge in [-0.15, -0.1) is 0 Å². The molecular formula is C29H33Cl2N3O5S. The Hall–Kier alpha value is -3.27. The number of carbonyl (C=O) groups is 2. The second-order valence-corrected chi connectivity index (χ2v) is 11.7. The van der Waals surface area contributed by atoms with E-state index in [0.29, 0.717) is 27.9 Å². The Labute approximate surface area is 245 Å². The predicted molar refractivity (Wildman–Crippen MR) is 158 cm³/mol. The van der Waals surface area contributed by atoms with E-state index in [2.05, 4.69) is 5.32 Å². The SMILES string of the molecule is CCCCNC(=O)C(C)N(Cc1c(Cl)cccc1Cl)C(=O)CN(c1cccc(OC)c1)S(=O)(=O)c1ccccc1. The third-order valence-corrected chi connectivity index (χ3v) is 8.83. The summed E-state index contributed by atoms with van der Waals surface area (Å²) in [6.07, 6.45) is 1.67. The Bertz CT molecular complexity index is 1400. The number of amides is 2. The van der Waals surface area contributed by atoms with Crippen LogP contribution in [0.15, 0.2) is 77.7 Å². The van der Waals surface area contributed by atoms with Crippen molar-refractivity contribution < 1.29 is 22.7 Å². The van der Waals surface area contributed by atoms with Crippen LogP contribution < -0.4 is 14.4 Å². The number of nitrogens with zero attached hydrogens (tertiary/aromatic N) is 2. The fraction of sp³-hybridized carbons (Fsp3) is 0.310. The van der Waals surface area contributed by atoms with Gasteiger partial charge in [-0.3, -0.25) is 13.9 Å². The van der Waals surface area contributed by atoms with Gasteiger partial charge in [0.2, 0.25) is 11.8 Å². The molecule has 0 aliphatic rings. The van der Waals surface area contributed by atoms with Crippen LogP contribution in [0.4, 0.5) is 5.69 Å². The second-order valence-electron chi connectivity index (χ2n) is 9.07. The monoisotopic (exact) mass is 605 g/mol. The number of nitrogens with one attached hydrogen (secondary N) is 1. The molecule has 1 unspecified atom stereocenters. The third-order valence-electron chi connectivity index (χ3n) is 6.34. The van der Waals surface area contributed by atoms with Crippen molar-refractivity contribution in [1.29, 1.82) is 0 Å². The van der Waals surface area contributed by atoms with Crippen LogP contribution in [0.2, 0.25) is 10.0 Å². The van der Waals surface area contributed by atoms with E-state index in [1.54, 1.807) is 61.5 Å². The average molecular weight is 607 g/mol. The number of sulfonamides is 1. The summed E-state index contributed by atoms with van der Waals surface area (Å²) in [5, 5.41) is 3.49. The summed E-state index contributed by atoms with van der Waals surface area (Å²) >= 11 is 12.8. The summed E-state index contributed by atoms with van der Waals surface area (Å²) < 4.78 is 34.0. The summed E-state index contributed by atoms with van der Waals surface area (Å²) in [5.74, 6) is -0.568. The second kappa shape index (κ2) is 14.4. The molecule has 2 amide bonds. The molecule has 0 aliphatic carbocycles. The number of methoxy groups -OCH3 is 1. The summed E-state index contributed by atoms with van der Waals surface area (Å²) in [4.78, 5) is 28.4. The van der Waals surface area contributed by atoms with Gasteiger partial charge in [-0.05, 0) is 49.7 Å². The van der Waals surface area contributed by atoms with Crippen molar-refractivity contribution in [3.05, 3.63) is 88.4 Å². The molecule has 0 spiro atoms. The minimum Gasteiger partial charge on any atom is -0.497 e. The first kappa shape index (κ1) is 31.3. The van der Waals surface area contributed by atoms with Crippen LogP contribution in [0.25, 0.3) is 0 Å². The normalized spacial score (nSPS) is 11.9. The Morgan fingerprint density at radius 3 is 2.25 bits per heavy atom. The first-order chi connectivity index (χ1) is 19.1. The lowest BCUT2D eigenvalue weighted by Crippen LogP contribution is -2.51. The molecule has 0 saturated heterocycles. The zero-order chi connectivity index (χ0) is 29.3. The summed E-state index contributed by atoms with van der Waals surface area (Å²) in [7, 11) is -2.72. The van der Waals surface area contributed by atoms with Gasteiger partial charge < -0.3 is 15.0 Å². The lowest BCUT2D eigenvalue weighted by Gasteiger charge is -2.32. The van der Waals surface area contributed by atoms with Gasteiger partial charge in [0.1, 0.15) is 18.3 Å². The molecule has 214 valence electrons. The van der Waals surface area contributed by atoms with Crippen LogP contribution in [-0.4, -0.2) is 51.4 Å². The molecule has 0 saturated carbocycles. The molecule has 0 heterocycles. The number of halogens is 2. The van der Waals surface area contributed by atoms with Crippen molar-refractivity contribution in [2.75, 3.05) is 24.5 Å². The molecule has 3 aromatic carbocycles. The van der Waals surface area contributed by atoms with Crippen molar-refractivity contribution in [2.24, 2.45) is 0 Å². The first-order valence-electron chi connectivity index (χ1n) is 12.8. The van der Waals surface area contributed by atoms with E-state index >= 15 is 0 Å². The Balaban J connectivity index is 2.05. The number of benzene rings is 3. The van der Waals surface area contributed by atoms with Gasteiger partial charge >= 0.3 is 0 Å². The van der Waals surface area contributed by atoms with E-state index < -0.39 is 28.5 Å². The minimum atomic E-state index is -4.18. The average Bonchev–Trinajstić information content (AvgIpc) is 2.95. The zero-order valence-corrected chi connectivity index (χ0v) is 25.0. The Morgan fingerprint density at radius 1 is 0.975 bits per heavy atom.